The van der Waals surface area contributed by atoms with Gasteiger partial charge in [-0.25, -0.2) is 0 Å². The Kier molecular flexibility index (Phi) is 4.17. The second-order valence-corrected chi connectivity index (χ2v) is 5.88. The zero-order chi connectivity index (χ0) is 13.8. The molecule has 1 unspecified atom stereocenters. The fourth-order valence-corrected chi connectivity index (χ4v) is 3.06. The summed E-state index contributed by atoms with van der Waals surface area (Å²) in [6, 6.07) is 19.5. The van der Waals surface area contributed by atoms with Crippen LogP contribution in [0.5, 0.6) is 0 Å². The topological polar surface area (TPSA) is 26.0 Å². The molecule has 1 atom stereocenters. The molecule has 2 N–H and O–H groups in total. The van der Waals surface area contributed by atoms with Crippen molar-refractivity contribution in [2.75, 3.05) is 0 Å². The smallest absolute Gasteiger partial charge is 0.0298 e. The first-order valence-electron chi connectivity index (χ1n) is 7.73. The third kappa shape index (κ3) is 2.94. The van der Waals surface area contributed by atoms with E-state index in [0.29, 0.717) is 0 Å². The highest BCUT2D eigenvalue weighted by atomic mass is 14.6. The van der Waals surface area contributed by atoms with Gasteiger partial charge < -0.3 is 5.73 Å². The standard InChI is InChI=1S/C19H23N/c20-19(17-8-2-1-3-9-17)14-13-16-7-4-5-12-18(16)15-10-6-11-15/h1-5,7-9,12,15,19H,6,10-11,13-14,20H2. The Labute approximate surface area is 121 Å². The number of benzene rings is 2. The lowest BCUT2D eigenvalue weighted by atomic mass is 9.77. The van der Waals surface area contributed by atoms with Gasteiger partial charge in [0.15, 0.2) is 0 Å². The molecule has 0 radical (unpaired) electrons. The van der Waals surface area contributed by atoms with Crippen LogP contribution in [0.1, 0.15) is 54.3 Å². The van der Waals surface area contributed by atoms with Gasteiger partial charge in [-0.2, -0.15) is 0 Å². The monoisotopic (exact) mass is 265 g/mol. The van der Waals surface area contributed by atoms with Crippen LogP contribution in [0.25, 0.3) is 0 Å². The van der Waals surface area contributed by atoms with E-state index < -0.39 is 0 Å². The lowest BCUT2D eigenvalue weighted by Crippen LogP contribution is -2.14. The Morgan fingerprint density at radius 2 is 1.65 bits per heavy atom. The maximum Gasteiger partial charge on any atom is 0.0298 e. The minimum atomic E-state index is 0.144. The van der Waals surface area contributed by atoms with E-state index in [1.165, 1.54) is 30.4 Å². The number of hydrogen-bond acceptors (Lipinski definition) is 1. The van der Waals surface area contributed by atoms with Gasteiger partial charge in [0, 0.05) is 6.04 Å². The first kappa shape index (κ1) is 13.4. The second-order valence-electron chi connectivity index (χ2n) is 5.88. The van der Waals surface area contributed by atoms with Gasteiger partial charge in [-0.3, -0.25) is 0 Å². The normalized spacial score (nSPS) is 16.6. The maximum atomic E-state index is 6.32. The molecule has 0 spiro atoms. The van der Waals surface area contributed by atoms with Crippen LogP contribution in [0.4, 0.5) is 0 Å². The SMILES string of the molecule is NC(CCc1ccccc1C1CCC1)c1ccccc1. The quantitative estimate of drug-likeness (QED) is 0.841. The van der Waals surface area contributed by atoms with Crippen LogP contribution in [0.2, 0.25) is 0 Å². The molecule has 2 aromatic carbocycles. The average Bonchev–Trinajstić information content (AvgIpc) is 2.45. The van der Waals surface area contributed by atoms with Gasteiger partial charge in [0.25, 0.3) is 0 Å². The molecule has 104 valence electrons. The van der Waals surface area contributed by atoms with Gasteiger partial charge in [0.2, 0.25) is 0 Å². The van der Waals surface area contributed by atoms with Crippen molar-refractivity contribution < 1.29 is 0 Å². The van der Waals surface area contributed by atoms with Gasteiger partial charge in [0.05, 0.1) is 0 Å². The summed E-state index contributed by atoms with van der Waals surface area (Å²) in [5, 5.41) is 0. The molecule has 2 aromatic rings. The lowest BCUT2D eigenvalue weighted by Gasteiger charge is -2.28. The van der Waals surface area contributed by atoms with E-state index in [-0.39, 0.29) is 6.04 Å². The molecular weight excluding hydrogens is 242 g/mol. The molecule has 0 aromatic heterocycles. The Balaban J connectivity index is 1.66. The molecule has 20 heavy (non-hydrogen) atoms. The molecule has 0 saturated heterocycles. The van der Waals surface area contributed by atoms with Gasteiger partial charge in [0.1, 0.15) is 0 Å². The van der Waals surface area contributed by atoms with Crippen molar-refractivity contribution in [2.45, 2.75) is 44.1 Å². The van der Waals surface area contributed by atoms with Crippen LogP contribution in [0.3, 0.4) is 0 Å². The van der Waals surface area contributed by atoms with Crippen molar-refractivity contribution >= 4 is 0 Å². The Bertz CT molecular complexity index is 543. The summed E-state index contributed by atoms with van der Waals surface area (Å²) >= 11 is 0. The number of nitrogens with two attached hydrogens (primary N) is 1. The second kappa shape index (κ2) is 6.23. The average molecular weight is 265 g/mol. The van der Waals surface area contributed by atoms with E-state index in [2.05, 4.69) is 48.5 Å². The van der Waals surface area contributed by atoms with Gasteiger partial charge >= 0.3 is 0 Å². The molecular formula is C19H23N. The Hall–Kier alpha value is -1.60. The van der Waals surface area contributed by atoms with Crippen LogP contribution in [0.15, 0.2) is 54.6 Å². The van der Waals surface area contributed by atoms with E-state index in [1.54, 1.807) is 5.56 Å². The van der Waals surface area contributed by atoms with Gasteiger partial charge in [-0.05, 0) is 48.3 Å². The van der Waals surface area contributed by atoms with E-state index in [1.807, 2.05) is 6.07 Å². The molecule has 0 amide bonds. The van der Waals surface area contributed by atoms with E-state index in [4.69, 9.17) is 5.73 Å². The molecule has 3 rings (SSSR count). The van der Waals surface area contributed by atoms with Crippen molar-refractivity contribution in [3.8, 4) is 0 Å². The molecule has 0 aliphatic heterocycles. The van der Waals surface area contributed by atoms with Crippen LogP contribution in [-0.2, 0) is 6.42 Å². The molecule has 0 heterocycles. The first-order chi connectivity index (χ1) is 9.84. The lowest BCUT2D eigenvalue weighted by molar-refractivity contribution is 0.416. The van der Waals surface area contributed by atoms with Crippen LogP contribution in [-0.4, -0.2) is 0 Å². The summed E-state index contributed by atoms with van der Waals surface area (Å²) in [4.78, 5) is 0. The molecule has 0 bridgehead atoms. The maximum absolute atomic E-state index is 6.32. The predicted molar refractivity (Wildman–Crippen MR) is 84.7 cm³/mol. The highest BCUT2D eigenvalue weighted by Gasteiger charge is 2.21. The van der Waals surface area contributed by atoms with E-state index >= 15 is 0 Å². The van der Waals surface area contributed by atoms with E-state index in [9.17, 15) is 0 Å². The Morgan fingerprint density at radius 1 is 0.950 bits per heavy atom. The molecule has 1 nitrogen and oxygen atoms in total. The fraction of sp³-hybridized carbons (Fsp3) is 0.368. The zero-order valence-corrected chi connectivity index (χ0v) is 12.0. The highest BCUT2D eigenvalue weighted by Crippen LogP contribution is 2.38. The molecule has 1 aliphatic rings. The van der Waals surface area contributed by atoms with Gasteiger partial charge in [-0.15, -0.1) is 0 Å². The summed E-state index contributed by atoms with van der Waals surface area (Å²) in [7, 11) is 0. The molecule has 1 heteroatoms. The predicted octanol–water partition coefficient (Wildman–Crippen LogP) is 4.59. The number of aryl methyl sites for hydroxylation is 1. The first-order valence-corrected chi connectivity index (χ1v) is 7.73. The third-order valence-corrected chi connectivity index (χ3v) is 4.55. The summed E-state index contributed by atoms with van der Waals surface area (Å²) in [6.07, 6.45) is 6.22. The van der Waals surface area contributed by atoms with Crippen molar-refractivity contribution in [2.24, 2.45) is 5.73 Å². The molecule has 1 aliphatic carbocycles. The fourth-order valence-electron chi connectivity index (χ4n) is 3.06. The highest BCUT2D eigenvalue weighted by molar-refractivity contribution is 5.32. The third-order valence-electron chi connectivity index (χ3n) is 4.55. The van der Waals surface area contributed by atoms with Crippen molar-refractivity contribution in [1.29, 1.82) is 0 Å². The van der Waals surface area contributed by atoms with Crippen LogP contribution >= 0.6 is 0 Å². The van der Waals surface area contributed by atoms with Crippen LogP contribution in [0, 0.1) is 0 Å². The Morgan fingerprint density at radius 3 is 2.35 bits per heavy atom. The molecule has 1 fully saturated rings. The van der Waals surface area contributed by atoms with Gasteiger partial charge in [-0.1, -0.05) is 61.0 Å². The molecule has 1 saturated carbocycles. The largest absolute Gasteiger partial charge is 0.324 e. The minimum Gasteiger partial charge on any atom is -0.324 e. The zero-order valence-electron chi connectivity index (χ0n) is 12.0. The summed E-state index contributed by atoms with van der Waals surface area (Å²) in [5.74, 6) is 0.805. The van der Waals surface area contributed by atoms with Crippen molar-refractivity contribution in [3.05, 3.63) is 71.3 Å². The summed E-state index contributed by atoms with van der Waals surface area (Å²) in [6.45, 7) is 0. The summed E-state index contributed by atoms with van der Waals surface area (Å²) < 4.78 is 0. The summed E-state index contributed by atoms with van der Waals surface area (Å²) in [5.41, 5.74) is 10.6. The number of hydrogen-bond donors (Lipinski definition) is 1. The van der Waals surface area contributed by atoms with E-state index in [0.717, 1.165) is 18.8 Å². The van der Waals surface area contributed by atoms with Crippen molar-refractivity contribution in [3.63, 3.8) is 0 Å². The van der Waals surface area contributed by atoms with Crippen molar-refractivity contribution in [1.82, 2.24) is 0 Å². The van der Waals surface area contributed by atoms with Crippen LogP contribution < -0.4 is 5.73 Å². The minimum absolute atomic E-state index is 0.144. The number of rotatable bonds is 5.